The molecule has 1 aliphatic heterocycles. The monoisotopic (exact) mass is 536 g/mol. The summed E-state index contributed by atoms with van der Waals surface area (Å²) >= 11 is 0. The highest BCUT2D eigenvalue weighted by Gasteiger charge is 2.64. The smallest absolute Gasteiger partial charge is 0.129 e. The summed E-state index contributed by atoms with van der Waals surface area (Å²) in [5.74, 6) is 1.89. The summed E-state index contributed by atoms with van der Waals surface area (Å²) in [5.41, 5.74) is 2.14. The van der Waals surface area contributed by atoms with Crippen molar-refractivity contribution >= 4 is 0 Å². The average Bonchev–Trinajstić information content (AvgIpc) is 3.55. The van der Waals surface area contributed by atoms with Gasteiger partial charge in [0.2, 0.25) is 0 Å². The first kappa shape index (κ1) is 24.3. The number of nitrogens with zero attached hydrogens (tertiary/aromatic N) is 2. The molecule has 3 aromatic carbocycles. The van der Waals surface area contributed by atoms with Gasteiger partial charge in [0.25, 0.3) is 0 Å². The summed E-state index contributed by atoms with van der Waals surface area (Å²) in [5, 5.41) is 24.3. The molecule has 40 heavy (non-hydrogen) atoms. The third-order valence-corrected chi connectivity index (χ3v) is 10.6. The van der Waals surface area contributed by atoms with Gasteiger partial charge in [-0.1, -0.05) is 42.5 Å². The van der Waals surface area contributed by atoms with E-state index in [4.69, 9.17) is 4.74 Å². The third-order valence-electron chi connectivity index (χ3n) is 10.6. The maximum absolute atomic E-state index is 15.1. The van der Waals surface area contributed by atoms with E-state index in [-0.39, 0.29) is 29.1 Å². The third kappa shape index (κ3) is 3.48. The average molecular weight is 537 g/mol. The molecular formula is C34H33FN2O3. The molecule has 0 radical (unpaired) electrons. The molecule has 0 spiro atoms. The lowest BCUT2D eigenvalue weighted by molar-refractivity contribution is -0.230. The maximum atomic E-state index is 15.1. The van der Waals surface area contributed by atoms with Crippen LogP contribution in [0.3, 0.4) is 0 Å². The molecule has 204 valence electrons. The van der Waals surface area contributed by atoms with Crippen LogP contribution in [0.4, 0.5) is 4.39 Å². The Kier molecular flexibility index (Phi) is 5.33. The molecule has 9 rings (SSSR count). The van der Waals surface area contributed by atoms with Gasteiger partial charge in [0.15, 0.2) is 0 Å². The molecule has 4 bridgehead atoms. The number of aliphatic hydroxyl groups excluding tert-OH is 1. The maximum Gasteiger partial charge on any atom is 0.129 e. The van der Waals surface area contributed by atoms with Crippen LogP contribution in [0.15, 0.2) is 85.3 Å². The molecule has 4 aliphatic carbocycles. The van der Waals surface area contributed by atoms with Gasteiger partial charge in [-0.15, -0.1) is 0 Å². The number of imidazole rings is 1. The van der Waals surface area contributed by atoms with Gasteiger partial charge in [0.1, 0.15) is 17.3 Å². The molecule has 4 aromatic rings. The number of para-hydroxylation sites is 1. The van der Waals surface area contributed by atoms with E-state index in [2.05, 4.69) is 4.98 Å². The normalized spacial score (nSPS) is 32.1. The molecule has 7 atom stereocenters. The van der Waals surface area contributed by atoms with Gasteiger partial charge < -0.3 is 19.5 Å². The summed E-state index contributed by atoms with van der Waals surface area (Å²) in [7, 11) is 0. The summed E-state index contributed by atoms with van der Waals surface area (Å²) < 4.78 is 23.2. The van der Waals surface area contributed by atoms with Gasteiger partial charge in [0, 0.05) is 11.1 Å². The van der Waals surface area contributed by atoms with Crippen molar-refractivity contribution in [2.24, 2.45) is 23.2 Å². The van der Waals surface area contributed by atoms with Crippen molar-refractivity contribution in [2.45, 2.75) is 56.3 Å². The Labute approximate surface area is 233 Å². The Bertz CT molecular complexity index is 1570. The van der Waals surface area contributed by atoms with Gasteiger partial charge in [-0.2, -0.15) is 0 Å². The number of rotatable bonds is 6. The number of ether oxygens (including phenoxy) is 1. The fourth-order valence-corrected chi connectivity index (χ4v) is 9.05. The molecule has 4 fully saturated rings. The topological polar surface area (TPSA) is 67.5 Å². The molecule has 0 saturated heterocycles. The summed E-state index contributed by atoms with van der Waals surface area (Å²) in [4.78, 5) is 4.32. The Morgan fingerprint density at radius 1 is 0.950 bits per heavy atom. The SMILES string of the molecule is OC(CC1c2c(F)cccc2-c2cncn21)C12CC3CC(C1)C(O)(c1cccc(Oc4ccccc4)c1)[C@H](C3)C2. The highest BCUT2D eigenvalue weighted by atomic mass is 19.1. The van der Waals surface area contributed by atoms with E-state index in [0.29, 0.717) is 17.9 Å². The summed E-state index contributed by atoms with van der Waals surface area (Å²) in [6.45, 7) is 0. The summed E-state index contributed by atoms with van der Waals surface area (Å²) in [6, 6.07) is 22.6. The molecule has 6 unspecified atom stereocenters. The van der Waals surface area contributed by atoms with Crippen molar-refractivity contribution in [1.29, 1.82) is 0 Å². The first-order valence-electron chi connectivity index (χ1n) is 14.5. The number of aliphatic hydroxyl groups is 2. The molecule has 5 aliphatic rings. The van der Waals surface area contributed by atoms with E-state index < -0.39 is 11.7 Å². The van der Waals surface area contributed by atoms with E-state index in [1.54, 1.807) is 18.6 Å². The number of fused-ring (bicyclic) bond motifs is 3. The van der Waals surface area contributed by atoms with E-state index >= 15 is 4.39 Å². The van der Waals surface area contributed by atoms with Crippen LogP contribution in [-0.2, 0) is 5.60 Å². The lowest BCUT2D eigenvalue weighted by atomic mass is 9.42. The Morgan fingerprint density at radius 2 is 1.70 bits per heavy atom. The highest BCUT2D eigenvalue weighted by molar-refractivity contribution is 5.69. The van der Waals surface area contributed by atoms with Gasteiger partial charge >= 0.3 is 0 Å². The van der Waals surface area contributed by atoms with Crippen molar-refractivity contribution in [3.63, 3.8) is 0 Å². The van der Waals surface area contributed by atoms with Gasteiger partial charge in [-0.05, 0) is 97.6 Å². The molecule has 5 nitrogen and oxygen atoms in total. The van der Waals surface area contributed by atoms with Crippen LogP contribution in [0.2, 0.25) is 0 Å². The van der Waals surface area contributed by atoms with Crippen molar-refractivity contribution < 1.29 is 19.3 Å². The number of halogens is 1. The first-order valence-corrected chi connectivity index (χ1v) is 14.5. The largest absolute Gasteiger partial charge is 0.457 e. The van der Waals surface area contributed by atoms with Gasteiger partial charge in [-0.3, -0.25) is 0 Å². The highest BCUT2D eigenvalue weighted by Crippen LogP contribution is 2.68. The molecule has 4 saturated carbocycles. The second-order valence-corrected chi connectivity index (χ2v) is 12.6. The number of benzene rings is 3. The van der Waals surface area contributed by atoms with Crippen molar-refractivity contribution in [1.82, 2.24) is 9.55 Å². The van der Waals surface area contributed by atoms with Crippen LogP contribution >= 0.6 is 0 Å². The zero-order valence-corrected chi connectivity index (χ0v) is 22.3. The van der Waals surface area contributed by atoms with E-state index in [1.807, 2.05) is 65.2 Å². The Hall–Kier alpha value is -3.48. The molecule has 2 heterocycles. The standard InChI is InChI=1S/C34H33FN2O3/c35-28-11-5-10-27-30-19-36-20-37(30)29(32(27)28)15-31(38)33-16-21-12-23(17-33)34(39,24(13-21)18-33)22-6-4-9-26(14-22)40-25-7-2-1-3-8-25/h1-11,14,19-21,23-24,29,31,38-39H,12-13,15-18H2/t21?,23-,24?,29?,31?,33?,34?/m1/s1. The van der Waals surface area contributed by atoms with Gasteiger partial charge in [-0.25, -0.2) is 9.37 Å². The Balaban J connectivity index is 1.08. The van der Waals surface area contributed by atoms with Crippen LogP contribution in [0.25, 0.3) is 11.3 Å². The van der Waals surface area contributed by atoms with Crippen LogP contribution in [0.5, 0.6) is 11.5 Å². The van der Waals surface area contributed by atoms with Crippen LogP contribution in [0, 0.1) is 29.0 Å². The van der Waals surface area contributed by atoms with Crippen molar-refractivity contribution in [3.05, 3.63) is 102 Å². The predicted molar refractivity (Wildman–Crippen MR) is 149 cm³/mol. The molecule has 0 amide bonds. The molecule has 6 heteroatoms. The summed E-state index contributed by atoms with van der Waals surface area (Å²) in [6.07, 6.45) is 7.85. The van der Waals surface area contributed by atoms with Gasteiger partial charge in [0.05, 0.1) is 36.0 Å². The minimum absolute atomic E-state index is 0.0665. The fourth-order valence-electron chi connectivity index (χ4n) is 9.05. The first-order chi connectivity index (χ1) is 19.4. The fraction of sp³-hybridized carbons (Fsp3) is 0.382. The van der Waals surface area contributed by atoms with Crippen molar-refractivity contribution in [2.75, 3.05) is 0 Å². The number of hydrogen-bond donors (Lipinski definition) is 2. The van der Waals surface area contributed by atoms with E-state index in [1.165, 1.54) is 6.07 Å². The number of aromatic nitrogens is 2. The second kappa shape index (κ2) is 8.76. The molecule has 1 aromatic heterocycles. The molecule has 2 N–H and O–H groups in total. The van der Waals surface area contributed by atoms with Crippen LogP contribution in [-0.4, -0.2) is 25.9 Å². The van der Waals surface area contributed by atoms with E-state index in [9.17, 15) is 10.2 Å². The molecular weight excluding hydrogens is 503 g/mol. The zero-order chi connectivity index (χ0) is 27.1. The van der Waals surface area contributed by atoms with E-state index in [0.717, 1.165) is 60.4 Å². The lowest BCUT2D eigenvalue weighted by Crippen LogP contribution is -2.62. The lowest BCUT2D eigenvalue weighted by Gasteiger charge is -2.65. The Morgan fingerprint density at radius 3 is 2.50 bits per heavy atom. The predicted octanol–water partition coefficient (Wildman–Crippen LogP) is 6.85. The minimum Gasteiger partial charge on any atom is -0.457 e. The zero-order valence-electron chi connectivity index (χ0n) is 22.3. The minimum atomic E-state index is -0.945. The van der Waals surface area contributed by atoms with Crippen LogP contribution in [0.1, 0.15) is 55.7 Å². The van der Waals surface area contributed by atoms with Crippen LogP contribution < -0.4 is 4.74 Å². The number of hydrogen-bond acceptors (Lipinski definition) is 4. The quantitative estimate of drug-likeness (QED) is 0.283. The second-order valence-electron chi connectivity index (χ2n) is 12.6. The van der Waals surface area contributed by atoms with Crippen molar-refractivity contribution in [3.8, 4) is 22.8 Å².